The molecule has 0 aliphatic rings. The fourth-order valence-corrected chi connectivity index (χ4v) is 2.03. The van der Waals surface area contributed by atoms with Gasteiger partial charge in [0.05, 0.1) is 30.9 Å². The van der Waals surface area contributed by atoms with Crippen molar-refractivity contribution in [3.63, 3.8) is 0 Å². The number of ether oxygens (including phenoxy) is 1. The molecule has 0 spiro atoms. The highest BCUT2D eigenvalue weighted by atomic mass is 16.5. The first-order chi connectivity index (χ1) is 10.7. The third-order valence-electron chi connectivity index (χ3n) is 3.10. The summed E-state index contributed by atoms with van der Waals surface area (Å²) >= 11 is 0. The van der Waals surface area contributed by atoms with E-state index >= 15 is 0 Å². The molecule has 0 amide bonds. The number of benzene rings is 1. The van der Waals surface area contributed by atoms with Gasteiger partial charge in [-0.25, -0.2) is 14.5 Å². The molecule has 1 N–H and O–H groups in total. The summed E-state index contributed by atoms with van der Waals surface area (Å²) in [6.45, 7) is 0. The zero-order valence-electron chi connectivity index (χ0n) is 11.7. The first-order valence-electron chi connectivity index (χ1n) is 6.43. The van der Waals surface area contributed by atoms with Gasteiger partial charge in [-0.2, -0.15) is 5.10 Å². The number of methoxy groups -OCH3 is 1. The van der Waals surface area contributed by atoms with E-state index in [0.717, 1.165) is 11.3 Å². The maximum Gasteiger partial charge on any atom is 0.356 e. The minimum atomic E-state index is -1.11. The number of carboxylic acids is 1. The summed E-state index contributed by atoms with van der Waals surface area (Å²) in [7, 11) is 1.59. The first-order valence-corrected chi connectivity index (χ1v) is 6.43. The lowest BCUT2D eigenvalue weighted by molar-refractivity contribution is 0.0690. The van der Waals surface area contributed by atoms with Crippen LogP contribution < -0.4 is 4.74 Å². The summed E-state index contributed by atoms with van der Waals surface area (Å²) in [6.07, 6.45) is 6.13. The molecule has 0 fully saturated rings. The van der Waals surface area contributed by atoms with Gasteiger partial charge < -0.3 is 9.84 Å². The molecule has 0 saturated heterocycles. The van der Waals surface area contributed by atoms with Crippen molar-refractivity contribution < 1.29 is 14.6 Å². The molecule has 2 aromatic heterocycles. The van der Waals surface area contributed by atoms with Crippen molar-refractivity contribution in [3.05, 3.63) is 54.7 Å². The standard InChI is InChI=1S/C15H12N4O3/c1-22-10-3-4-11(14(7-10)19-6-2-5-18-19)12-8-17-13(9-16-12)15(20)21/h2-9H,1H3,(H,20,21). The van der Waals surface area contributed by atoms with E-state index in [0.29, 0.717) is 11.4 Å². The zero-order chi connectivity index (χ0) is 15.5. The van der Waals surface area contributed by atoms with E-state index < -0.39 is 5.97 Å². The molecule has 1 aromatic carbocycles. The van der Waals surface area contributed by atoms with Gasteiger partial charge in [0.2, 0.25) is 0 Å². The van der Waals surface area contributed by atoms with Gasteiger partial charge in [-0.1, -0.05) is 0 Å². The topological polar surface area (TPSA) is 90.1 Å². The van der Waals surface area contributed by atoms with Gasteiger partial charge in [-0.3, -0.25) is 4.98 Å². The molecule has 7 nitrogen and oxygen atoms in total. The lowest BCUT2D eigenvalue weighted by Gasteiger charge is -2.11. The third kappa shape index (κ3) is 2.51. The van der Waals surface area contributed by atoms with Crippen LogP contribution in [0.25, 0.3) is 16.9 Å². The predicted molar refractivity (Wildman–Crippen MR) is 78.1 cm³/mol. The summed E-state index contributed by atoms with van der Waals surface area (Å²) in [5.41, 5.74) is 1.99. The van der Waals surface area contributed by atoms with E-state index in [-0.39, 0.29) is 5.69 Å². The van der Waals surface area contributed by atoms with E-state index in [9.17, 15) is 4.79 Å². The Morgan fingerprint density at radius 2 is 2.14 bits per heavy atom. The lowest BCUT2D eigenvalue weighted by atomic mass is 10.1. The van der Waals surface area contributed by atoms with Gasteiger partial charge in [0.25, 0.3) is 0 Å². The molecule has 0 radical (unpaired) electrons. The van der Waals surface area contributed by atoms with Crippen LogP contribution in [0, 0.1) is 0 Å². The summed E-state index contributed by atoms with van der Waals surface area (Å²) in [5, 5.41) is 13.1. The van der Waals surface area contributed by atoms with Crippen LogP contribution >= 0.6 is 0 Å². The Kier molecular flexibility index (Phi) is 3.53. The molecular formula is C15H12N4O3. The molecule has 0 atom stereocenters. The van der Waals surface area contributed by atoms with Crippen molar-refractivity contribution in [2.75, 3.05) is 7.11 Å². The minimum Gasteiger partial charge on any atom is -0.497 e. The maximum absolute atomic E-state index is 10.9. The lowest BCUT2D eigenvalue weighted by Crippen LogP contribution is -2.03. The van der Waals surface area contributed by atoms with Gasteiger partial charge in [0, 0.05) is 24.0 Å². The summed E-state index contributed by atoms with van der Waals surface area (Å²) in [5.74, 6) is -0.426. The molecule has 22 heavy (non-hydrogen) atoms. The summed E-state index contributed by atoms with van der Waals surface area (Å²) < 4.78 is 6.92. The van der Waals surface area contributed by atoms with Crippen molar-refractivity contribution in [3.8, 4) is 22.7 Å². The Bertz CT molecular complexity index is 798. The highest BCUT2D eigenvalue weighted by Gasteiger charge is 2.12. The second-order valence-corrected chi connectivity index (χ2v) is 4.43. The molecule has 3 aromatic rings. The van der Waals surface area contributed by atoms with E-state index in [1.807, 2.05) is 18.2 Å². The average molecular weight is 296 g/mol. The number of rotatable bonds is 4. The Hall–Kier alpha value is -3.22. The third-order valence-corrected chi connectivity index (χ3v) is 3.10. The van der Waals surface area contributed by atoms with E-state index in [2.05, 4.69) is 15.1 Å². The summed E-state index contributed by atoms with van der Waals surface area (Å²) in [6, 6.07) is 7.27. The fraction of sp³-hybridized carbons (Fsp3) is 0.0667. The smallest absolute Gasteiger partial charge is 0.356 e. The number of hydrogen-bond acceptors (Lipinski definition) is 5. The molecule has 3 rings (SSSR count). The largest absolute Gasteiger partial charge is 0.497 e. The SMILES string of the molecule is COc1ccc(-c2cnc(C(=O)O)cn2)c(-n2cccn2)c1. The van der Waals surface area contributed by atoms with Crippen LogP contribution in [0.2, 0.25) is 0 Å². The highest BCUT2D eigenvalue weighted by Crippen LogP contribution is 2.28. The molecular weight excluding hydrogens is 284 g/mol. The number of carbonyl (C=O) groups is 1. The molecule has 0 unspecified atom stereocenters. The number of nitrogens with zero attached hydrogens (tertiary/aromatic N) is 4. The normalized spacial score (nSPS) is 10.4. The Morgan fingerprint density at radius 3 is 2.73 bits per heavy atom. The first kappa shape index (κ1) is 13.7. The molecule has 0 aliphatic heterocycles. The van der Waals surface area contributed by atoms with Crippen LogP contribution in [0.5, 0.6) is 5.75 Å². The highest BCUT2D eigenvalue weighted by molar-refractivity contribution is 5.85. The summed E-state index contributed by atoms with van der Waals surface area (Å²) in [4.78, 5) is 18.9. The van der Waals surface area contributed by atoms with Crippen LogP contribution in [0.3, 0.4) is 0 Å². The number of aromatic nitrogens is 4. The number of hydrogen-bond donors (Lipinski definition) is 1. The second kappa shape index (κ2) is 5.65. The molecule has 2 heterocycles. The van der Waals surface area contributed by atoms with Crippen LogP contribution in [0.15, 0.2) is 49.1 Å². The van der Waals surface area contributed by atoms with E-state index in [1.165, 1.54) is 12.4 Å². The molecule has 0 bridgehead atoms. The van der Waals surface area contributed by atoms with Crippen molar-refractivity contribution in [2.24, 2.45) is 0 Å². The average Bonchev–Trinajstić information content (AvgIpc) is 3.08. The van der Waals surface area contributed by atoms with Gasteiger partial charge >= 0.3 is 5.97 Å². The minimum absolute atomic E-state index is 0.0992. The molecule has 110 valence electrons. The van der Waals surface area contributed by atoms with Gasteiger partial charge in [0.1, 0.15) is 5.75 Å². The van der Waals surface area contributed by atoms with Crippen LogP contribution in [-0.4, -0.2) is 37.9 Å². The Balaban J connectivity index is 2.11. The van der Waals surface area contributed by atoms with Crippen LogP contribution in [0.1, 0.15) is 10.5 Å². The molecule has 0 saturated carbocycles. The molecule has 0 aliphatic carbocycles. The predicted octanol–water partition coefficient (Wildman–Crippen LogP) is 2.04. The van der Waals surface area contributed by atoms with Crippen molar-refractivity contribution in [2.45, 2.75) is 0 Å². The zero-order valence-corrected chi connectivity index (χ0v) is 11.7. The van der Waals surface area contributed by atoms with Crippen LogP contribution in [0.4, 0.5) is 0 Å². The molecule has 7 heteroatoms. The van der Waals surface area contributed by atoms with Crippen LogP contribution in [-0.2, 0) is 0 Å². The monoisotopic (exact) mass is 296 g/mol. The Labute approximate surface area is 125 Å². The van der Waals surface area contributed by atoms with Crippen molar-refractivity contribution in [1.82, 2.24) is 19.7 Å². The van der Waals surface area contributed by atoms with Crippen molar-refractivity contribution >= 4 is 5.97 Å². The van der Waals surface area contributed by atoms with Crippen molar-refractivity contribution in [1.29, 1.82) is 0 Å². The van der Waals surface area contributed by atoms with Gasteiger partial charge in [-0.05, 0) is 18.2 Å². The van der Waals surface area contributed by atoms with Gasteiger partial charge in [-0.15, -0.1) is 0 Å². The fourth-order valence-electron chi connectivity index (χ4n) is 2.03. The number of aromatic carboxylic acids is 1. The second-order valence-electron chi connectivity index (χ2n) is 4.43. The maximum atomic E-state index is 10.9. The van der Waals surface area contributed by atoms with Gasteiger partial charge in [0.15, 0.2) is 5.69 Å². The quantitative estimate of drug-likeness (QED) is 0.792. The van der Waals surface area contributed by atoms with E-state index in [4.69, 9.17) is 9.84 Å². The van der Waals surface area contributed by atoms with E-state index in [1.54, 1.807) is 30.3 Å². The Morgan fingerprint density at radius 1 is 1.27 bits per heavy atom. The number of carboxylic acid groups (broad SMARTS) is 1.